The van der Waals surface area contributed by atoms with Crippen LogP contribution in [-0.4, -0.2) is 19.1 Å². The van der Waals surface area contributed by atoms with Crippen LogP contribution in [0.25, 0.3) is 0 Å². The van der Waals surface area contributed by atoms with Gasteiger partial charge in [-0.05, 0) is 37.8 Å². The lowest BCUT2D eigenvalue weighted by Crippen LogP contribution is -2.26. The number of ether oxygens (including phenoxy) is 1. The first-order valence-corrected chi connectivity index (χ1v) is 8.08. The lowest BCUT2D eigenvalue weighted by molar-refractivity contribution is -0.121. The molecular weight excluding hydrogens is 262 g/mol. The molecule has 0 bridgehead atoms. The van der Waals surface area contributed by atoms with Crippen LogP contribution in [0.5, 0.6) is 5.75 Å². The highest BCUT2D eigenvalue weighted by Gasteiger charge is 2.07. The Morgan fingerprint density at radius 2 is 1.95 bits per heavy atom. The zero-order valence-electron chi connectivity index (χ0n) is 13.7. The third-order valence-electron chi connectivity index (χ3n) is 3.50. The van der Waals surface area contributed by atoms with Gasteiger partial charge in [-0.25, -0.2) is 0 Å². The van der Waals surface area contributed by atoms with Crippen LogP contribution in [0.15, 0.2) is 24.3 Å². The molecule has 0 saturated carbocycles. The predicted molar refractivity (Wildman–Crippen MR) is 87.6 cm³/mol. The first-order valence-electron chi connectivity index (χ1n) is 8.08. The summed E-state index contributed by atoms with van der Waals surface area (Å²) >= 11 is 0. The summed E-state index contributed by atoms with van der Waals surface area (Å²) < 4.78 is 5.65. The Balaban J connectivity index is 2.01. The molecule has 1 aromatic rings. The Kier molecular flexibility index (Phi) is 8.56. The molecule has 3 heteroatoms. The largest absolute Gasteiger partial charge is 0.494 e. The minimum absolute atomic E-state index is 0.176. The van der Waals surface area contributed by atoms with Crippen molar-refractivity contribution in [3.8, 4) is 5.75 Å². The Hall–Kier alpha value is -1.51. The quantitative estimate of drug-likeness (QED) is 0.659. The number of nitrogens with one attached hydrogen (secondary N) is 1. The van der Waals surface area contributed by atoms with Gasteiger partial charge in [0.05, 0.1) is 6.61 Å². The van der Waals surface area contributed by atoms with E-state index >= 15 is 0 Å². The van der Waals surface area contributed by atoms with E-state index in [1.165, 1.54) is 5.56 Å². The second-order valence-corrected chi connectivity index (χ2v) is 5.82. The van der Waals surface area contributed by atoms with Crippen LogP contribution in [0.3, 0.4) is 0 Å². The topological polar surface area (TPSA) is 38.3 Å². The molecule has 1 atom stereocenters. The zero-order valence-corrected chi connectivity index (χ0v) is 13.7. The number of aryl methyl sites for hydroxylation is 1. The highest BCUT2D eigenvalue weighted by molar-refractivity contribution is 5.76. The number of rotatable bonds is 10. The number of carbonyl (C=O) groups is 1. The van der Waals surface area contributed by atoms with E-state index in [1.807, 2.05) is 24.3 Å². The average Bonchev–Trinajstić information content (AvgIpc) is 2.44. The summed E-state index contributed by atoms with van der Waals surface area (Å²) in [5, 5.41) is 2.98. The van der Waals surface area contributed by atoms with E-state index in [2.05, 4.69) is 26.1 Å². The Bertz CT molecular complexity index is 400. The van der Waals surface area contributed by atoms with E-state index < -0.39 is 0 Å². The smallest absolute Gasteiger partial charge is 0.220 e. The van der Waals surface area contributed by atoms with Crippen LogP contribution < -0.4 is 10.1 Å². The molecule has 0 aliphatic rings. The van der Waals surface area contributed by atoms with Crippen molar-refractivity contribution in [2.75, 3.05) is 13.2 Å². The van der Waals surface area contributed by atoms with Gasteiger partial charge in [0.25, 0.3) is 0 Å². The van der Waals surface area contributed by atoms with E-state index in [-0.39, 0.29) is 5.91 Å². The van der Waals surface area contributed by atoms with Gasteiger partial charge in [0, 0.05) is 13.0 Å². The maximum Gasteiger partial charge on any atom is 0.220 e. The van der Waals surface area contributed by atoms with Crippen molar-refractivity contribution in [3.63, 3.8) is 0 Å². The Morgan fingerprint density at radius 1 is 1.24 bits per heavy atom. The summed E-state index contributed by atoms with van der Waals surface area (Å²) in [5.41, 5.74) is 1.24. The molecule has 21 heavy (non-hydrogen) atoms. The second-order valence-electron chi connectivity index (χ2n) is 5.82. The molecule has 0 spiro atoms. The molecule has 1 rings (SSSR count). The number of hydrogen-bond donors (Lipinski definition) is 1. The number of carbonyl (C=O) groups excluding carboxylic acids is 1. The summed E-state index contributed by atoms with van der Waals surface area (Å²) in [6.45, 7) is 7.80. The van der Waals surface area contributed by atoms with Crippen LogP contribution in [0.4, 0.5) is 0 Å². The van der Waals surface area contributed by atoms with Crippen LogP contribution in [0, 0.1) is 12.8 Å². The first-order chi connectivity index (χ1) is 10.1. The second kappa shape index (κ2) is 10.3. The van der Waals surface area contributed by atoms with Gasteiger partial charge in [-0.2, -0.15) is 0 Å². The van der Waals surface area contributed by atoms with Gasteiger partial charge in [-0.3, -0.25) is 4.79 Å². The van der Waals surface area contributed by atoms with Gasteiger partial charge in [0.15, 0.2) is 0 Å². The van der Waals surface area contributed by atoms with E-state index in [0.29, 0.717) is 18.9 Å². The summed E-state index contributed by atoms with van der Waals surface area (Å²) in [5.74, 6) is 1.58. The summed E-state index contributed by atoms with van der Waals surface area (Å²) in [6.07, 6.45) is 4.83. The monoisotopic (exact) mass is 291 g/mol. The van der Waals surface area contributed by atoms with Crippen LogP contribution in [0.2, 0.25) is 0 Å². The van der Waals surface area contributed by atoms with E-state index in [9.17, 15) is 4.79 Å². The number of benzene rings is 1. The fraction of sp³-hybridized carbons (Fsp3) is 0.611. The SMILES string of the molecule is CCCC(C)CC(=O)NCCCCOc1ccc(C)cc1. The molecule has 0 aromatic heterocycles. The standard InChI is InChI=1S/C18H29NO2/c1-4-7-16(3)14-18(20)19-12-5-6-13-21-17-10-8-15(2)9-11-17/h8-11,16H,4-7,12-14H2,1-3H3,(H,19,20). The third-order valence-corrected chi connectivity index (χ3v) is 3.50. The molecule has 0 aliphatic carbocycles. The maximum atomic E-state index is 11.7. The first kappa shape index (κ1) is 17.5. The minimum atomic E-state index is 0.176. The normalized spacial score (nSPS) is 12.0. The lowest BCUT2D eigenvalue weighted by atomic mass is 10.0. The molecule has 1 N–H and O–H groups in total. The molecule has 118 valence electrons. The lowest BCUT2D eigenvalue weighted by Gasteiger charge is -2.10. The van der Waals surface area contributed by atoms with Crippen molar-refractivity contribution < 1.29 is 9.53 Å². The van der Waals surface area contributed by atoms with Crippen molar-refractivity contribution in [1.29, 1.82) is 0 Å². The molecule has 0 radical (unpaired) electrons. The third kappa shape index (κ3) is 8.38. The van der Waals surface area contributed by atoms with E-state index in [1.54, 1.807) is 0 Å². The van der Waals surface area contributed by atoms with Crippen LogP contribution in [-0.2, 0) is 4.79 Å². The van der Waals surface area contributed by atoms with Gasteiger partial charge < -0.3 is 10.1 Å². The van der Waals surface area contributed by atoms with Gasteiger partial charge >= 0.3 is 0 Å². The Morgan fingerprint density at radius 3 is 2.62 bits per heavy atom. The van der Waals surface area contributed by atoms with Crippen LogP contribution in [0.1, 0.15) is 51.5 Å². The highest BCUT2D eigenvalue weighted by atomic mass is 16.5. The van der Waals surface area contributed by atoms with Crippen molar-refractivity contribution in [1.82, 2.24) is 5.32 Å². The van der Waals surface area contributed by atoms with Crippen molar-refractivity contribution in [2.45, 2.75) is 52.9 Å². The zero-order chi connectivity index (χ0) is 15.5. The molecule has 1 unspecified atom stereocenters. The van der Waals surface area contributed by atoms with Gasteiger partial charge in [-0.15, -0.1) is 0 Å². The van der Waals surface area contributed by atoms with Gasteiger partial charge in [0.1, 0.15) is 5.75 Å². The Labute approximate surface area is 129 Å². The fourth-order valence-corrected chi connectivity index (χ4v) is 2.26. The minimum Gasteiger partial charge on any atom is -0.494 e. The fourth-order valence-electron chi connectivity index (χ4n) is 2.26. The summed E-state index contributed by atoms with van der Waals surface area (Å²) in [4.78, 5) is 11.7. The van der Waals surface area contributed by atoms with Crippen molar-refractivity contribution in [3.05, 3.63) is 29.8 Å². The predicted octanol–water partition coefficient (Wildman–Crippen LogP) is 4.10. The molecule has 0 aliphatic heterocycles. The highest BCUT2D eigenvalue weighted by Crippen LogP contribution is 2.12. The number of unbranched alkanes of at least 4 members (excludes halogenated alkanes) is 1. The van der Waals surface area contributed by atoms with Crippen molar-refractivity contribution in [2.24, 2.45) is 5.92 Å². The van der Waals surface area contributed by atoms with Crippen LogP contribution >= 0.6 is 0 Å². The van der Waals surface area contributed by atoms with E-state index in [4.69, 9.17) is 4.74 Å². The maximum absolute atomic E-state index is 11.7. The molecule has 1 aromatic carbocycles. The summed E-state index contributed by atoms with van der Waals surface area (Å²) in [7, 11) is 0. The average molecular weight is 291 g/mol. The molecular formula is C18H29NO2. The number of hydrogen-bond acceptors (Lipinski definition) is 2. The summed E-state index contributed by atoms with van der Waals surface area (Å²) in [6, 6.07) is 8.08. The molecule has 0 fully saturated rings. The van der Waals surface area contributed by atoms with Gasteiger partial charge in [0.2, 0.25) is 5.91 Å². The van der Waals surface area contributed by atoms with E-state index in [0.717, 1.165) is 38.0 Å². The van der Waals surface area contributed by atoms with Crippen molar-refractivity contribution >= 4 is 5.91 Å². The van der Waals surface area contributed by atoms with Gasteiger partial charge in [-0.1, -0.05) is 44.4 Å². The molecule has 3 nitrogen and oxygen atoms in total. The molecule has 0 saturated heterocycles. The molecule has 1 amide bonds. The number of amides is 1. The molecule has 0 heterocycles.